The zero-order valence-electron chi connectivity index (χ0n) is 15.8. The highest BCUT2D eigenvalue weighted by molar-refractivity contribution is 7.10. The molecule has 1 aliphatic heterocycles. The minimum atomic E-state index is -4.50. The Kier molecular flexibility index (Phi) is 5.29. The summed E-state index contributed by atoms with van der Waals surface area (Å²) in [5.41, 5.74) is 1.06. The predicted octanol–water partition coefficient (Wildman–Crippen LogP) is 4.91. The van der Waals surface area contributed by atoms with Crippen molar-refractivity contribution >= 4 is 28.7 Å². The van der Waals surface area contributed by atoms with Crippen molar-refractivity contribution in [3.05, 3.63) is 64.0 Å². The van der Waals surface area contributed by atoms with E-state index >= 15 is 0 Å². The van der Waals surface area contributed by atoms with Gasteiger partial charge >= 0.3 is 6.18 Å². The van der Waals surface area contributed by atoms with Gasteiger partial charge in [-0.25, -0.2) is 4.68 Å². The number of nitrogens with zero attached hydrogens (tertiary/aromatic N) is 2. The fraction of sp³-hybridized carbons (Fsp3) is 0.300. The molecule has 0 radical (unpaired) electrons. The van der Waals surface area contributed by atoms with E-state index in [9.17, 15) is 23.1 Å². The molecule has 1 aliphatic rings. The maximum atomic E-state index is 13.7. The number of carbonyl (C=O) groups is 1. The number of fused-ring (bicyclic) bond motifs is 1. The van der Waals surface area contributed by atoms with E-state index in [2.05, 4.69) is 15.7 Å². The molecule has 0 bridgehead atoms. The smallest absolute Gasteiger partial charge is 0.389 e. The Labute approximate surface area is 174 Å². The van der Waals surface area contributed by atoms with Crippen molar-refractivity contribution in [2.75, 3.05) is 10.6 Å². The Balaban J connectivity index is 1.66. The second-order valence-corrected chi connectivity index (χ2v) is 8.09. The standard InChI is InChI=1S/C20H19F3N4O2S/c1-11(28)12-4-2-5-13(8-12)25-19(29)14-10-24-27-17(20(21,22)23)9-15(26-18(14)27)16-6-3-7-30-16/h2-8,10-11,15,17,26,28H,9H2,1H3,(H,25,29)/t11-,15+,17-/m1/s1. The van der Waals surface area contributed by atoms with Gasteiger partial charge in [0.25, 0.3) is 5.91 Å². The van der Waals surface area contributed by atoms with Crippen LogP contribution in [0.3, 0.4) is 0 Å². The average Bonchev–Trinajstić information content (AvgIpc) is 3.36. The normalized spacial score (nSPS) is 19.6. The number of hydrogen-bond donors (Lipinski definition) is 3. The highest BCUT2D eigenvalue weighted by Gasteiger charge is 2.47. The summed E-state index contributed by atoms with van der Waals surface area (Å²) < 4.78 is 41.9. The summed E-state index contributed by atoms with van der Waals surface area (Å²) in [4.78, 5) is 13.6. The third kappa shape index (κ3) is 3.92. The lowest BCUT2D eigenvalue weighted by atomic mass is 10.0. The lowest BCUT2D eigenvalue weighted by Crippen LogP contribution is -2.36. The van der Waals surface area contributed by atoms with Crippen molar-refractivity contribution in [1.29, 1.82) is 0 Å². The molecule has 6 nitrogen and oxygen atoms in total. The van der Waals surface area contributed by atoms with Crippen LogP contribution in [0.4, 0.5) is 24.7 Å². The van der Waals surface area contributed by atoms with Crippen LogP contribution in [0.5, 0.6) is 0 Å². The molecular formula is C20H19F3N4O2S. The van der Waals surface area contributed by atoms with E-state index in [0.29, 0.717) is 11.3 Å². The van der Waals surface area contributed by atoms with Gasteiger partial charge in [0.15, 0.2) is 6.04 Å². The summed E-state index contributed by atoms with van der Waals surface area (Å²) in [5, 5.41) is 21.1. The number of aliphatic hydroxyl groups excluding tert-OH is 1. The van der Waals surface area contributed by atoms with E-state index in [1.165, 1.54) is 11.3 Å². The molecule has 3 N–H and O–H groups in total. The van der Waals surface area contributed by atoms with E-state index in [4.69, 9.17) is 0 Å². The molecule has 1 amide bonds. The lowest BCUT2D eigenvalue weighted by Gasteiger charge is -2.33. The van der Waals surface area contributed by atoms with Crippen LogP contribution in [0, 0.1) is 0 Å². The Morgan fingerprint density at radius 1 is 1.37 bits per heavy atom. The number of rotatable bonds is 4. The molecule has 3 atom stereocenters. The van der Waals surface area contributed by atoms with Crippen molar-refractivity contribution in [1.82, 2.24) is 9.78 Å². The first kappa shape index (κ1) is 20.4. The number of amides is 1. The summed E-state index contributed by atoms with van der Waals surface area (Å²) in [5.74, 6) is -0.551. The molecule has 0 unspecified atom stereocenters. The average molecular weight is 436 g/mol. The molecule has 0 spiro atoms. The quantitative estimate of drug-likeness (QED) is 0.543. The molecule has 0 saturated carbocycles. The van der Waals surface area contributed by atoms with Crippen LogP contribution in [0.25, 0.3) is 0 Å². The van der Waals surface area contributed by atoms with Crippen LogP contribution >= 0.6 is 11.3 Å². The molecule has 0 fully saturated rings. The third-order valence-corrected chi connectivity index (χ3v) is 5.98. The number of alkyl halides is 3. The monoisotopic (exact) mass is 436 g/mol. The molecule has 3 heterocycles. The maximum Gasteiger partial charge on any atom is 0.410 e. The molecule has 1 aromatic carbocycles. The lowest BCUT2D eigenvalue weighted by molar-refractivity contribution is -0.173. The molecule has 158 valence electrons. The summed E-state index contributed by atoms with van der Waals surface area (Å²) in [7, 11) is 0. The second kappa shape index (κ2) is 7.77. The zero-order valence-corrected chi connectivity index (χ0v) is 16.7. The van der Waals surface area contributed by atoms with E-state index in [0.717, 1.165) is 15.8 Å². The Morgan fingerprint density at radius 3 is 2.83 bits per heavy atom. The molecule has 4 rings (SSSR count). The van der Waals surface area contributed by atoms with E-state index in [1.54, 1.807) is 48.7 Å². The van der Waals surface area contributed by atoms with Gasteiger partial charge in [-0.2, -0.15) is 18.3 Å². The highest BCUT2D eigenvalue weighted by Crippen LogP contribution is 2.45. The fourth-order valence-corrected chi connectivity index (χ4v) is 4.27. The van der Waals surface area contributed by atoms with Gasteiger partial charge in [-0.05, 0) is 36.1 Å². The third-order valence-electron chi connectivity index (χ3n) is 5.00. The first-order valence-corrected chi connectivity index (χ1v) is 10.2. The van der Waals surface area contributed by atoms with Gasteiger partial charge in [-0.15, -0.1) is 11.3 Å². The zero-order chi connectivity index (χ0) is 21.5. The largest absolute Gasteiger partial charge is 0.410 e. The number of carbonyl (C=O) groups excluding carboxylic acids is 1. The van der Waals surface area contributed by atoms with Gasteiger partial charge in [-0.3, -0.25) is 4.79 Å². The second-order valence-electron chi connectivity index (χ2n) is 7.11. The minimum absolute atomic E-state index is 0.0213. The van der Waals surface area contributed by atoms with Crippen molar-refractivity contribution in [3.8, 4) is 0 Å². The van der Waals surface area contributed by atoms with Gasteiger partial charge in [0.2, 0.25) is 0 Å². The van der Waals surface area contributed by atoms with E-state index in [1.807, 2.05) is 0 Å². The van der Waals surface area contributed by atoms with Crippen LogP contribution in [0.2, 0.25) is 0 Å². The first-order chi connectivity index (χ1) is 14.2. The predicted molar refractivity (Wildman–Crippen MR) is 108 cm³/mol. The number of benzene rings is 1. The first-order valence-electron chi connectivity index (χ1n) is 9.27. The van der Waals surface area contributed by atoms with Gasteiger partial charge in [0.05, 0.1) is 18.3 Å². The number of anilines is 2. The maximum absolute atomic E-state index is 13.7. The molecular weight excluding hydrogens is 417 g/mol. The summed E-state index contributed by atoms with van der Waals surface area (Å²) in [6.45, 7) is 1.60. The number of halogens is 3. The molecule has 30 heavy (non-hydrogen) atoms. The van der Waals surface area contributed by atoms with Crippen LogP contribution in [0.1, 0.15) is 52.3 Å². The number of nitrogens with one attached hydrogen (secondary N) is 2. The van der Waals surface area contributed by atoms with Crippen molar-refractivity contribution in [2.24, 2.45) is 0 Å². The van der Waals surface area contributed by atoms with Gasteiger partial charge in [0, 0.05) is 17.0 Å². The summed E-state index contributed by atoms with van der Waals surface area (Å²) in [6.07, 6.45) is -4.29. The number of thiophene rings is 1. The number of aliphatic hydroxyl groups is 1. The molecule has 0 saturated heterocycles. The van der Waals surface area contributed by atoms with Crippen molar-refractivity contribution in [3.63, 3.8) is 0 Å². The molecule has 2 aromatic heterocycles. The summed E-state index contributed by atoms with van der Waals surface area (Å²) in [6, 6.07) is 7.77. The summed E-state index contributed by atoms with van der Waals surface area (Å²) >= 11 is 1.36. The van der Waals surface area contributed by atoms with E-state index in [-0.39, 0.29) is 17.8 Å². The Morgan fingerprint density at radius 2 is 2.17 bits per heavy atom. The number of aromatic nitrogens is 2. The van der Waals surface area contributed by atoms with Gasteiger partial charge < -0.3 is 15.7 Å². The van der Waals surface area contributed by atoms with Crippen molar-refractivity contribution in [2.45, 2.75) is 37.7 Å². The highest BCUT2D eigenvalue weighted by atomic mass is 32.1. The van der Waals surface area contributed by atoms with Crippen LogP contribution in [-0.2, 0) is 0 Å². The van der Waals surface area contributed by atoms with Crippen molar-refractivity contribution < 1.29 is 23.1 Å². The number of hydrogen-bond acceptors (Lipinski definition) is 5. The SMILES string of the molecule is C[C@@H](O)c1cccc(NC(=O)c2cnn3c2N[C@H](c2cccs2)C[C@@H]3C(F)(F)F)c1. The molecule has 0 aliphatic carbocycles. The Bertz CT molecular complexity index is 1050. The molecule has 3 aromatic rings. The van der Waals surface area contributed by atoms with Crippen LogP contribution in [0.15, 0.2) is 48.0 Å². The van der Waals surface area contributed by atoms with E-state index < -0.39 is 30.3 Å². The van der Waals surface area contributed by atoms with Gasteiger partial charge in [0.1, 0.15) is 11.4 Å². The Hall–Kier alpha value is -2.85. The minimum Gasteiger partial charge on any atom is -0.389 e. The van der Waals surface area contributed by atoms with Crippen LogP contribution in [-0.4, -0.2) is 27.0 Å². The topological polar surface area (TPSA) is 79.2 Å². The van der Waals surface area contributed by atoms with Gasteiger partial charge in [-0.1, -0.05) is 18.2 Å². The fourth-order valence-electron chi connectivity index (χ4n) is 3.48. The van der Waals surface area contributed by atoms with Crippen LogP contribution < -0.4 is 10.6 Å². The molecule has 10 heteroatoms.